The SMILES string of the molecule is CC(C)[C@@H]1CCC2(C)CC[C@]3(C)C(CCC4C5(C)CCC(=O)C(C)(C)[C@@H]5CCC43C)[C@@H]12. The van der Waals surface area contributed by atoms with Gasteiger partial charge in [0, 0.05) is 11.8 Å². The highest BCUT2D eigenvalue weighted by atomic mass is 16.1. The number of ketones is 1. The lowest BCUT2D eigenvalue weighted by atomic mass is 9.32. The van der Waals surface area contributed by atoms with Crippen molar-refractivity contribution in [2.75, 3.05) is 0 Å². The van der Waals surface area contributed by atoms with Gasteiger partial charge < -0.3 is 0 Å². The second-order valence-electron chi connectivity index (χ2n) is 14.9. The van der Waals surface area contributed by atoms with Gasteiger partial charge in [-0.2, -0.15) is 0 Å². The van der Waals surface area contributed by atoms with Crippen molar-refractivity contribution in [2.45, 2.75) is 120 Å². The van der Waals surface area contributed by atoms with Crippen molar-refractivity contribution in [1.82, 2.24) is 0 Å². The Balaban J connectivity index is 1.54. The van der Waals surface area contributed by atoms with Crippen LogP contribution in [0.2, 0.25) is 0 Å². The van der Waals surface area contributed by atoms with E-state index in [2.05, 4.69) is 55.4 Å². The zero-order chi connectivity index (χ0) is 22.6. The van der Waals surface area contributed by atoms with Crippen molar-refractivity contribution in [1.29, 1.82) is 0 Å². The van der Waals surface area contributed by atoms with Crippen LogP contribution in [-0.4, -0.2) is 5.78 Å². The molecular formula is C30H50O. The molecule has 0 aromatic heterocycles. The molecule has 0 radical (unpaired) electrons. The van der Waals surface area contributed by atoms with Crippen molar-refractivity contribution >= 4 is 5.78 Å². The van der Waals surface area contributed by atoms with Gasteiger partial charge in [0.2, 0.25) is 0 Å². The van der Waals surface area contributed by atoms with E-state index in [4.69, 9.17) is 0 Å². The number of carbonyl (C=O) groups is 1. The highest BCUT2D eigenvalue weighted by Crippen LogP contribution is 2.77. The van der Waals surface area contributed by atoms with Crippen molar-refractivity contribution in [3.05, 3.63) is 0 Å². The van der Waals surface area contributed by atoms with Gasteiger partial charge in [-0.3, -0.25) is 4.79 Å². The predicted octanol–water partition coefficient (Wildman–Crippen LogP) is 8.31. The van der Waals surface area contributed by atoms with Gasteiger partial charge in [-0.05, 0) is 115 Å². The summed E-state index contributed by atoms with van der Waals surface area (Å²) in [4.78, 5) is 12.9. The van der Waals surface area contributed by atoms with Gasteiger partial charge in [0.05, 0.1) is 0 Å². The van der Waals surface area contributed by atoms with E-state index in [0.29, 0.717) is 33.4 Å². The van der Waals surface area contributed by atoms with E-state index >= 15 is 0 Å². The maximum Gasteiger partial charge on any atom is 0.138 e. The van der Waals surface area contributed by atoms with E-state index in [1.807, 2.05) is 0 Å². The van der Waals surface area contributed by atoms with E-state index in [9.17, 15) is 4.79 Å². The molecule has 1 nitrogen and oxygen atoms in total. The molecule has 0 amide bonds. The van der Waals surface area contributed by atoms with E-state index in [0.717, 1.165) is 42.4 Å². The highest BCUT2D eigenvalue weighted by molar-refractivity contribution is 5.85. The fraction of sp³-hybridized carbons (Fsp3) is 0.967. The van der Waals surface area contributed by atoms with E-state index in [1.165, 1.54) is 51.4 Å². The van der Waals surface area contributed by atoms with Crippen LogP contribution >= 0.6 is 0 Å². The molecule has 0 heterocycles. The minimum atomic E-state index is -0.120. The average molecular weight is 427 g/mol. The minimum Gasteiger partial charge on any atom is -0.299 e. The number of carbonyl (C=O) groups excluding carboxylic acids is 1. The van der Waals surface area contributed by atoms with Crippen molar-refractivity contribution in [3.8, 4) is 0 Å². The lowest BCUT2D eigenvalue weighted by Gasteiger charge is -2.72. The highest BCUT2D eigenvalue weighted by Gasteiger charge is 2.70. The molecule has 5 rings (SSSR count). The normalized spacial score (nSPS) is 55.9. The van der Waals surface area contributed by atoms with Gasteiger partial charge in [0.25, 0.3) is 0 Å². The third-order valence-corrected chi connectivity index (χ3v) is 13.5. The first-order valence-corrected chi connectivity index (χ1v) is 13.8. The summed E-state index contributed by atoms with van der Waals surface area (Å²) in [5.41, 5.74) is 1.76. The number of fused-ring (bicyclic) bond motifs is 7. The smallest absolute Gasteiger partial charge is 0.138 e. The van der Waals surface area contributed by atoms with Gasteiger partial charge in [-0.15, -0.1) is 0 Å². The molecule has 31 heavy (non-hydrogen) atoms. The van der Waals surface area contributed by atoms with E-state index in [1.54, 1.807) is 0 Å². The van der Waals surface area contributed by atoms with Gasteiger partial charge in [-0.1, -0.05) is 55.4 Å². The van der Waals surface area contributed by atoms with Gasteiger partial charge >= 0.3 is 0 Å². The Hall–Kier alpha value is -0.330. The third-order valence-electron chi connectivity index (χ3n) is 13.5. The molecule has 0 spiro atoms. The van der Waals surface area contributed by atoms with E-state index in [-0.39, 0.29) is 5.41 Å². The number of hydrogen-bond acceptors (Lipinski definition) is 1. The van der Waals surface area contributed by atoms with Crippen LogP contribution in [-0.2, 0) is 4.79 Å². The fourth-order valence-corrected chi connectivity index (χ4v) is 11.5. The number of hydrogen-bond donors (Lipinski definition) is 0. The summed E-state index contributed by atoms with van der Waals surface area (Å²) in [7, 11) is 0. The topological polar surface area (TPSA) is 17.1 Å². The summed E-state index contributed by atoms with van der Waals surface area (Å²) >= 11 is 0. The Labute approximate surface area is 192 Å². The quantitative estimate of drug-likeness (QED) is 0.412. The Bertz CT molecular complexity index is 764. The Kier molecular flexibility index (Phi) is 4.80. The second kappa shape index (κ2) is 6.63. The molecule has 5 fully saturated rings. The van der Waals surface area contributed by atoms with Crippen LogP contribution < -0.4 is 0 Å². The first kappa shape index (κ1) is 22.5. The average Bonchev–Trinajstić information content (AvgIpc) is 3.04. The summed E-state index contributed by atoms with van der Waals surface area (Å²) in [6.07, 6.45) is 13.3. The molecule has 0 saturated heterocycles. The first-order valence-electron chi connectivity index (χ1n) is 13.8. The van der Waals surface area contributed by atoms with Crippen LogP contribution in [0.15, 0.2) is 0 Å². The molecular weight excluding hydrogens is 376 g/mol. The Morgan fingerprint density at radius 2 is 1.45 bits per heavy atom. The summed E-state index contributed by atoms with van der Waals surface area (Å²) in [6, 6.07) is 0. The van der Waals surface area contributed by atoms with Crippen molar-refractivity contribution < 1.29 is 4.79 Å². The molecule has 176 valence electrons. The molecule has 9 atom stereocenters. The molecule has 5 aliphatic rings. The summed E-state index contributed by atoms with van der Waals surface area (Å²) in [5, 5.41) is 0. The third kappa shape index (κ3) is 2.65. The van der Waals surface area contributed by atoms with Crippen LogP contribution in [0.4, 0.5) is 0 Å². The van der Waals surface area contributed by atoms with Crippen LogP contribution in [0.25, 0.3) is 0 Å². The van der Waals surface area contributed by atoms with Crippen LogP contribution in [0.1, 0.15) is 120 Å². The standard InChI is InChI=1S/C30H50O/c1-19(2)20-11-14-27(5)17-18-29(7)21(25(20)27)9-10-23-28(6)15-13-24(31)26(3,4)22(28)12-16-30(23,29)8/h19-23,25H,9-18H2,1-8H3/t20-,21?,22-,23?,25+,27?,28?,29+,30?/m0/s1. The largest absolute Gasteiger partial charge is 0.299 e. The molecule has 5 aliphatic carbocycles. The maximum absolute atomic E-state index is 12.9. The van der Waals surface area contributed by atoms with Crippen LogP contribution in [0.5, 0.6) is 0 Å². The fourth-order valence-electron chi connectivity index (χ4n) is 11.5. The van der Waals surface area contributed by atoms with Gasteiger partial charge in [0.1, 0.15) is 5.78 Å². The van der Waals surface area contributed by atoms with Crippen LogP contribution in [0, 0.1) is 62.6 Å². The first-order chi connectivity index (χ1) is 14.3. The molecule has 5 unspecified atom stereocenters. The van der Waals surface area contributed by atoms with Crippen molar-refractivity contribution in [3.63, 3.8) is 0 Å². The maximum atomic E-state index is 12.9. The number of rotatable bonds is 1. The number of Topliss-reactive ketones (excluding diaryl/α,β-unsaturated/α-hetero) is 1. The van der Waals surface area contributed by atoms with E-state index < -0.39 is 0 Å². The summed E-state index contributed by atoms with van der Waals surface area (Å²) in [6.45, 7) is 20.3. The monoisotopic (exact) mass is 426 g/mol. The Morgan fingerprint density at radius 3 is 2.13 bits per heavy atom. The molecule has 0 bridgehead atoms. The molecule has 0 aliphatic heterocycles. The lowest BCUT2D eigenvalue weighted by Crippen LogP contribution is -2.66. The molecule has 1 heteroatoms. The summed E-state index contributed by atoms with van der Waals surface area (Å²) in [5.74, 6) is 5.56. The zero-order valence-electron chi connectivity index (χ0n) is 21.9. The lowest BCUT2D eigenvalue weighted by molar-refractivity contribution is -0.234. The zero-order valence-corrected chi connectivity index (χ0v) is 21.9. The van der Waals surface area contributed by atoms with Crippen molar-refractivity contribution in [2.24, 2.45) is 62.6 Å². The summed E-state index contributed by atoms with van der Waals surface area (Å²) < 4.78 is 0. The minimum absolute atomic E-state index is 0.120. The Morgan fingerprint density at radius 1 is 0.742 bits per heavy atom. The predicted molar refractivity (Wildman–Crippen MR) is 130 cm³/mol. The second-order valence-corrected chi connectivity index (χ2v) is 14.9. The molecule has 0 N–H and O–H groups in total. The van der Waals surface area contributed by atoms with Gasteiger partial charge in [-0.25, -0.2) is 0 Å². The molecule has 5 saturated carbocycles. The van der Waals surface area contributed by atoms with Crippen LogP contribution in [0.3, 0.4) is 0 Å². The van der Waals surface area contributed by atoms with Gasteiger partial charge in [0.15, 0.2) is 0 Å². The molecule has 0 aromatic rings. The molecule has 0 aromatic carbocycles.